The van der Waals surface area contributed by atoms with Gasteiger partial charge in [-0.3, -0.25) is 14.4 Å². The van der Waals surface area contributed by atoms with Gasteiger partial charge in [-0.1, -0.05) is 41.4 Å². The molecule has 41 heavy (non-hydrogen) atoms. The molecule has 1 N–H and O–H groups in total. The average Bonchev–Trinajstić information content (AvgIpc) is 3.39. The number of Topliss-reactive ketones (excluding diaryl/α,β-unsaturated/α-hetero) is 1. The van der Waals surface area contributed by atoms with Gasteiger partial charge in [-0.25, -0.2) is 8.42 Å². The molecule has 1 aliphatic rings. The van der Waals surface area contributed by atoms with Gasteiger partial charge in [-0.15, -0.1) is 0 Å². The van der Waals surface area contributed by atoms with E-state index >= 15 is 0 Å². The zero-order valence-corrected chi connectivity index (χ0v) is 24.6. The average molecular weight is 614 g/mol. The largest absolute Gasteiger partial charge is 0.464 e. The van der Waals surface area contributed by atoms with Gasteiger partial charge in [0.2, 0.25) is 0 Å². The molecule has 2 heterocycles. The van der Waals surface area contributed by atoms with Crippen molar-refractivity contribution in [2.75, 3.05) is 12.8 Å². The van der Waals surface area contributed by atoms with E-state index in [9.17, 15) is 22.8 Å². The summed E-state index contributed by atoms with van der Waals surface area (Å²) in [5, 5.41) is 3.89. The number of benzene rings is 3. The predicted molar refractivity (Wildman–Crippen MR) is 156 cm³/mol. The van der Waals surface area contributed by atoms with Crippen molar-refractivity contribution in [2.24, 2.45) is 0 Å². The lowest BCUT2D eigenvalue weighted by atomic mass is 9.95. The summed E-state index contributed by atoms with van der Waals surface area (Å²) in [6.07, 6.45) is 3.17. The first-order valence-electron chi connectivity index (χ1n) is 12.8. The molecular formula is C30H26Cl2N2O6S. The van der Waals surface area contributed by atoms with E-state index in [2.05, 4.69) is 5.32 Å². The number of nitrogens with zero attached hydrogens (tertiary/aromatic N) is 1. The second-order valence-corrected chi connectivity index (χ2v) is 12.9. The molecule has 3 aromatic carbocycles. The molecular weight excluding hydrogens is 587 g/mol. The first-order chi connectivity index (χ1) is 19.4. The number of hydrogen-bond donors (Lipinski definition) is 1. The summed E-state index contributed by atoms with van der Waals surface area (Å²) in [6.45, 7) is 1.99. The number of carbonyl (C=O) groups is 3. The van der Waals surface area contributed by atoms with Crippen LogP contribution in [-0.4, -0.2) is 49.8 Å². The first-order valence-corrected chi connectivity index (χ1v) is 15.4. The van der Waals surface area contributed by atoms with Gasteiger partial charge in [0.05, 0.1) is 32.8 Å². The standard InChI is InChI=1S/C30H26Cl2N2O6S/c1-17(35)25(13-18-4-3-5-22(12-18)41(2,38)39)33-29(36)27-24(31)14-21-16-34(10-8-23(21)28(27)32)30(37)20-7-6-19-9-11-40-26(19)15-20/h3-7,9,11-12,14-15,25H,8,10,13,16H2,1-2H3,(H,33,36)/t25-/m0/s1. The Morgan fingerprint density at radius 2 is 1.85 bits per heavy atom. The Morgan fingerprint density at radius 1 is 1.07 bits per heavy atom. The molecule has 0 aliphatic carbocycles. The van der Waals surface area contributed by atoms with E-state index < -0.39 is 21.8 Å². The van der Waals surface area contributed by atoms with Gasteiger partial charge in [0.25, 0.3) is 11.8 Å². The molecule has 0 saturated heterocycles. The number of rotatable bonds is 7. The van der Waals surface area contributed by atoms with Crippen molar-refractivity contribution in [2.45, 2.75) is 37.2 Å². The minimum atomic E-state index is -3.44. The Bertz CT molecular complexity index is 1810. The number of ketones is 1. The third-order valence-corrected chi connectivity index (χ3v) is 9.01. The molecule has 1 atom stereocenters. The van der Waals surface area contributed by atoms with Gasteiger partial charge in [-0.05, 0) is 72.9 Å². The fourth-order valence-electron chi connectivity index (χ4n) is 4.97. The van der Waals surface area contributed by atoms with E-state index in [1.54, 1.807) is 41.5 Å². The van der Waals surface area contributed by atoms with Crippen LogP contribution in [-0.2, 0) is 34.0 Å². The van der Waals surface area contributed by atoms with Gasteiger partial charge in [0.15, 0.2) is 15.6 Å². The molecule has 0 bridgehead atoms. The van der Waals surface area contributed by atoms with Crippen molar-refractivity contribution in [1.29, 1.82) is 0 Å². The van der Waals surface area contributed by atoms with Crippen LogP contribution >= 0.6 is 23.2 Å². The smallest absolute Gasteiger partial charge is 0.254 e. The Kier molecular flexibility index (Phi) is 7.96. The molecule has 4 aromatic rings. The van der Waals surface area contributed by atoms with E-state index in [0.29, 0.717) is 35.2 Å². The second-order valence-electron chi connectivity index (χ2n) is 10.1. The van der Waals surface area contributed by atoms with Crippen LogP contribution in [0.25, 0.3) is 11.0 Å². The summed E-state index contributed by atoms with van der Waals surface area (Å²) in [5.41, 5.74) is 3.20. The molecule has 2 amide bonds. The first kappa shape index (κ1) is 28.9. The van der Waals surface area contributed by atoms with Crippen molar-refractivity contribution in [3.8, 4) is 0 Å². The van der Waals surface area contributed by atoms with Crippen LogP contribution in [0.5, 0.6) is 0 Å². The number of carbonyl (C=O) groups excluding carboxylic acids is 3. The number of nitrogens with one attached hydrogen (secondary N) is 1. The molecule has 0 fully saturated rings. The Balaban J connectivity index is 1.35. The Morgan fingerprint density at radius 3 is 2.59 bits per heavy atom. The predicted octanol–water partition coefficient (Wildman–Crippen LogP) is 5.27. The highest BCUT2D eigenvalue weighted by atomic mass is 35.5. The third-order valence-electron chi connectivity index (χ3n) is 7.18. The van der Waals surface area contributed by atoms with E-state index in [4.69, 9.17) is 27.6 Å². The SMILES string of the molecule is CC(=O)[C@H](Cc1cccc(S(C)(=O)=O)c1)NC(=O)c1c(Cl)cc2c(c1Cl)CCN(C(=O)c1ccc3ccoc3c1)C2. The fraction of sp³-hybridized carbons (Fsp3) is 0.233. The number of amides is 2. The quantitative estimate of drug-likeness (QED) is 0.304. The molecule has 0 radical (unpaired) electrons. The highest BCUT2D eigenvalue weighted by molar-refractivity contribution is 7.90. The Labute approximate surface area is 247 Å². The van der Waals surface area contributed by atoms with Crippen molar-refractivity contribution < 1.29 is 27.2 Å². The van der Waals surface area contributed by atoms with Crippen molar-refractivity contribution in [3.63, 3.8) is 0 Å². The minimum absolute atomic E-state index is 0.0475. The molecule has 1 aliphatic heterocycles. The lowest BCUT2D eigenvalue weighted by Gasteiger charge is -2.30. The van der Waals surface area contributed by atoms with Crippen LogP contribution in [0.4, 0.5) is 0 Å². The summed E-state index contributed by atoms with van der Waals surface area (Å²) in [7, 11) is -3.44. The maximum Gasteiger partial charge on any atom is 0.254 e. The van der Waals surface area contributed by atoms with E-state index in [1.807, 2.05) is 12.1 Å². The van der Waals surface area contributed by atoms with Gasteiger partial charge >= 0.3 is 0 Å². The van der Waals surface area contributed by atoms with Crippen LogP contribution < -0.4 is 5.32 Å². The molecule has 5 rings (SSSR count). The molecule has 11 heteroatoms. The normalized spacial score (nSPS) is 14.0. The zero-order chi connectivity index (χ0) is 29.5. The second kappa shape index (κ2) is 11.3. The molecule has 0 saturated carbocycles. The van der Waals surface area contributed by atoms with Gasteiger partial charge in [-0.2, -0.15) is 0 Å². The van der Waals surface area contributed by atoms with Crippen molar-refractivity contribution >= 4 is 61.6 Å². The molecule has 8 nitrogen and oxygen atoms in total. The molecule has 212 valence electrons. The fourth-order valence-corrected chi connectivity index (χ4v) is 6.42. The summed E-state index contributed by atoms with van der Waals surface area (Å²) >= 11 is 13.2. The van der Waals surface area contributed by atoms with Crippen LogP contribution in [0.15, 0.2) is 70.2 Å². The number of halogens is 2. The van der Waals surface area contributed by atoms with Gasteiger partial charge in [0, 0.05) is 30.3 Å². The summed E-state index contributed by atoms with van der Waals surface area (Å²) < 4.78 is 29.3. The molecule has 0 unspecified atom stereocenters. The van der Waals surface area contributed by atoms with E-state index in [-0.39, 0.29) is 45.2 Å². The summed E-state index contributed by atoms with van der Waals surface area (Å²) in [6, 6.07) is 14.1. The number of sulfone groups is 1. The molecule has 1 aromatic heterocycles. The number of furan rings is 1. The topological polar surface area (TPSA) is 114 Å². The maximum atomic E-state index is 13.3. The lowest BCUT2D eigenvalue weighted by molar-refractivity contribution is -0.118. The van der Waals surface area contributed by atoms with Crippen LogP contribution in [0.2, 0.25) is 10.0 Å². The number of fused-ring (bicyclic) bond motifs is 2. The van der Waals surface area contributed by atoms with Crippen LogP contribution in [0, 0.1) is 0 Å². The zero-order valence-electron chi connectivity index (χ0n) is 22.2. The van der Waals surface area contributed by atoms with Crippen LogP contribution in [0.1, 0.15) is 44.3 Å². The highest BCUT2D eigenvalue weighted by Crippen LogP contribution is 2.35. The van der Waals surface area contributed by atoms with Gasteiger partial charge in [0.1, 0.15) is 5.58 Å². The van der Waals surface area contributed by atoms with Crippen molar-refractivity contribution in [1.82, 2.24) is 10.2 Å². The van der Waals surface area contributed by atoms with E-state index in [1.165, 1.54) is 19.1 Å². The van der Waals surface area contributed by atoms with Crippen LogP contribution in [0.3, 0.4) is 0 Å². The van der Waals surface area contributed by atoms with Crippen molar-refractivity contribution in [3.05, 3.63) is 98.7 Å². The summed E-state index contributed by atoms with van der Waals surface area (Å²) in [5.74, 6) is -1.09. The maximum absolute atomic E-state index is 13.3. The van der Waals surface area contributed by atoms with Gasteiger partial charge < -0.3 is 14.6 Å². The monoisotopic (exact) mass is 612 g/mol. The third kappa shape index (κ3) is 6.02. The highest BCUT2D eigenvalue weighted by Gasteiger charge is 2.29. The minimum Gasteiger partial charge on any atom is -0.464 e. The summed E-state index contributed by atoms with van der Waals surface area (Å²) in [4.78, 5) is 40.8. The Hall–Kier alpha value is -3.66. The lowest BCUT2D eigenvalue weighted by Crippen LogP contribution is -2.42. The number of hydrogen-bond acceptors (Lipinski definition) is 6. The van der Waals surface area contributed by atoms with E-state index in [0.717, 1.165) is 17.2 Å². The molecule has 0 spiro atoms.